The lowest BCUT2D eigenvalue weighted by Crippen LogP contribution is -2.30. The predicted octanol–water partition coefficient (Wildman–Crippen LogP) is 3.94. The minimum Gasteiger partial charge on any atom is -0.393 e. The van der Waals surface area contributed by atoms with Crippen molar-refractivity contribution in [3.8, 4) is 0 Å². The molecule has 3 rings (SSSR count). The summed E-state index contributed by atoms with van der Waals surface area (Å²) in [5.74, 6) is 0.465. The van der Waals surface area contributed by atoms with Crippen molar-refractivity contribution >= 4 is 44.8 Å². The van der Waals surface area contributed by atoms with Crippen LogP contribution in [0.3, 0.4) is 0 Å². The molecule has 0 radical (unpaired) electrons. The number of nitrogens with zero attached hydrogens (tertiary/aromatic N) is 2. The first-order chi connectivity index (χ1) is 12.9. The quantitative estimate of drug-likeness (QED) is 0.460. The number of hydrazine groups is 1. The number of hydrogen-bond acceptors (Lipinski definition) is 6. The van der Waals surface area contributed by atoms with Crippen LogP contribution < -0.4 is 21.9 Å². The zero-order valence-corrected chi connectivity index (χ0v) is 16.5. The third-order valence-corrected chi connectivity index (χ3v) is 4.46. The van der Waals surface area contributed by atoms with E-state index < -0.39 is 0 Å². The number of amides is 1. The zero-order chi connectivity index (χ0) is 19.4. The van der Waals surface area contributed by atoms with Crippen molar-refractivity contribution in [3.05, 3.63) is 70.0 Å². The first kappa shape index (κ1) is 18.7. The first-order valence-corrected chi connectivity index (χ1v) is 9.00. The van der Waals surface area contributed by atoms with Crippen molar-refractivity contribution < 1.29 is 4.79 Å². The Bertz CT molecular complexity index is 974. The van der Waals surface area contributed by atoms with Gasteiger partial charge in [-0.3, -0.25) is 15.6 Å². The normalized spacial score (nSPS) is 10.3. The van der Waals surface area contributed by atoms with Crippen molar-refractivity contribution in [2.45, 2.75) is 13.8 Å². The van der Waals surface area contributed by atoms with Gasteiger partial charge in [-0.2, -0.15) is 0 Å². The minimum absolute atomic E-state index is 0.300. The standard InChI is InChI=1S/C19H19BrN6O/c1-11-3-4-12(2)15(9-11)24-17-16(21)18(23-10-22-17)25-26-19(27)13-5-7-14(20)8-6-13/h3-10H,21H2,1-2H3,(H,26,27)(H2,22,23,24,25). The van der Waals surface area contributed by atoms with Gasteiger partial charge in [0.05, 0.1) is 0 Å². The van der Waals surface area contributed by atoms with Crippen LogP contribution in [0.1, 0.15) is 21.5 Å². The molecule has 3 aromatic rings. The Balaban J connectivity index is 1.74. The lowest BCUT2D eigenvalue weighted by atomic mass is 10.1. The van der Waals surface area contributed by atoms with Crippen LogP contribution in [0.15, 0.2) is 53.3 Å². The number of nitrogens with one attached hydrogen (secondary N) is 3. The maximum atomic E-state index is 12.2. The predicted molar refractivity (Wildman–Crippen MR) is 111 cm³/mol. The van der Waals surface area contributed by atoms with Gasteiger partial charge in [0.15, 0.2) is 11.6 Å². The van der Waals surface area contributed by atoms with Gasteiger partial charge < -0.3 is 11.1 Å². The number of benzene rings is 2. The van der Waals surface area contributed by atoms with Crippen molar-refractivity contribution in [1.29, 1.82) is 0 Å². The van der Waals surface area contributed by atoms with Crippen LogP contribution in [-0.2, 0) is 0 Å². The van der Waals surface area contributed by atoms with Gasteiger partial charge in [0.1, 0.15) is 12.0 Å². The molecule has 0 saturated heterocycles. The van der Waals surface area contributed by atoms with E-state index in [0.29, 0.717) is 22.9 Å². The van der Waals surface area contributed by atoms with Crippen molar-refractivity contribution in [1.82, 2.24) is 15.4 Å². The highest BCUT2D eigenvalue weighted by molar-refractivity contribution is 9.10. The fraction of sp³-hybridized carbons (Fsp3) is 0.105. The van der Waals surface area contributed by atoms with E-state index in [4.69, 9.17) is 5.73 Å². The molecule has 0 saturated carbocycles. The molecule has 0 fully saturated rings. The third kappa shape index (κ3) is 4.53. The van der Waals surface area contributed by atoms with E-state index in [1.165, 1.54) is 6.33 Å². The Kier molecular flexibility index (Phi) is 5.56. The van der Waals surface area contributed by atoms with E-state index in [1.54, 1.807) is 24.3 Å². The van der Waals surface area contributed by atoms with E-state index in [2.05, 4.69) is 42.1 Å². The summed E-state index contributed by atoms with van der Waals surface area (Å²) in [4.78, 5) is 20.5. The van der Waals surface area contributed by atoms with Crippen LogP contribution in [0.2, 0.25) is 0 Å². The molecule has 5 N–H and O–H groups in total. The molecule has 0 aliphatic rings. The molecule has 27 heavy (non-hydrogen) atoms. The number of rotatable bonds is 5. The molecule has 1 amide bonds. The summed E-state index contributed by atoms with van der Waals surface area (Å²) in [5.41, 5.74) is 15.4. The number of nitrogens with two attached hydrogens (primary N) is 1. The van der Waals surface area contributed by atoms with Gasteiger partial charge in [-0.15, -0.1) is 0 Å². The van der Waals surface area contributed by atoms with Crippen LogP contribution in [0.4, 0.5) is 23.0 Å². The molecule has 7 nitrogen and oxygen atoms in total. The Hall–Kier alpha value is -3.13. The summed E-state index contributed by atoms with van der Waals surface area (Å²) in [6, 6.07) is 13.1. The molecule has 138 valence electrons. The molecule has 0 aliphatic carbocycles. The first-order valence-electron chi connectivity index (χ1n) is 8.20. The van der Waals surface area contributed by atoms with Gasteiger partial charge in [-0.05, 0) is 55.3 Å². The Morgan fingerprint density at radius 1 is 1.04 bits per heavy atom. The van der Waals surface area contributed by atoms with E-state index in [9.17, 15) is 4.79 Å². The molecule has 1 aromatic heterocycles. The number of aromatic nitrogens is 2. The summed E-state index contributed by atoms with van der Waals surface area (Å²) in [6.45, 7) is 4.01. The van der Waals surface area contributed by atoms with Gasteiger partial charge in [-0.1, -0.05) is 28.1 Å². The van der Waals surface area contributed by atoms with Crippen molar-refractivity contribution in [2.75, 3.05) is 16.5 Å². The Labute approximate surface area is 165 Å². The van der Waals surface area contributed by atoms with Gasteiger partial charge in [0.2, 0.25) is 0 Å². The minimum atomic E-state index is -0.301. The topological polar surface area (TPSA) is 105 Å². The monoisotopic (exact) mass is 426 g/mol. The molecule has 0 bridgehead atoms. The fourth-order valence-electron chi connectivity index (χ4n) is 2.38. The maximum absolute atomic E-state index is 12.2. The van der Waals surface area contributed by atoms with E-state index in [-0.39, 0.29) is 5.91 Å². The number of carbonyl (C=O) groups excluding carboxylic acids is 1. The largest absolute Gasteiger partial charge is 0.393 e. The highest BCUT2D eigenvalue weighted by Crippen LogP contribution is 2.27. The Morgan fingerprint density at radius 3 is 2.48 bits per heavy atom. The molecule has 0 unspecified atom stereocenters. The average molecular weight is 427 g/mol. The molecule has 2 aromatic carbocycles. The van der Waals surface area contributed by atoms with Gasteiger partial charge >= 0.3 is 0 Å². The smallest absolute Gasteiger partial charge is 0.269 e. The number of nitrogen functional groups attached to an aromatic ring is 1. The zero-order valence-electron chi connectivity index (χ0n) is 14.9. The second-order valence-electron chi connectivity index (χ2n) is 6.01. The average Bonchev–Trinajstić information content (AvgIpc) is 2.65. The van der Waals surface area contributed by atoms with Crippen LogP contribution >= 0.6 is 15.9 Å². The van der Waals surface area contributed by atoms with E-state index >= 15 is 0 Å². The molecular weight excluding hydrogens is 408 g/mol. The highest BCUT2D eigenvalue weighted by atomic mass is 79.9. The molecular formula is C19H19BrN6O. The van der Waals surface area contributed by atoms with Crippen LogP contribution in [0.25, 0.3) is 0 Å². The summed E-state index contributed by atoms with van der Waals surface area (Å²) in [5, 5.41) is 3.21. The maximum Gasteiger partial charge on any atom is 0.269 e. The van der Waals surface area contributed by atoms with Gasteiger partial charge in [0.25, 0.3) is 5.91 Å². The molecule has 0 spiro atoms. The lowest BCUT2D eigenvalue weighted by Gasteiger charge is -2.14. The van der Waals surface area contributed by atoms with Gasteiger partial charge in [0, 0.05) is 15.7 Å². The van der Waals surface area contributed by atoms with Crippen LogP contribution in [0.5, 0.6) is 0 Å². The highest BCUT2D eigenvalue weighted by Gasteiger charge is 2.11. The second kappa shape index (κ2) is 8.05. The number of halogens is 1. The summed E-state index contributed by atoms with van der Waals surface area (Å²) >= 11 is 3.34. The fourth-order valence-corrected chi connectivity index (χ4v) is 2.65. The Morgan fingerprint density at radius 2 is 1.74 bits per heavy atom. The van der Waals surface area contributed by atoms with E-state index in [0.717, 1.165) is 21.3 Å². The molecule has 8 heteroatoms. The van der Waals surface area contributed by atoms with E-state index in [1.807, 2.05) is 32.0 Å². The lowest BCUT2D eigenvalue weighted by molar-refractivity contribution is 0.0962. The van der Waals surface area contributed by atoms with Crippen molar-refractivity contribution in [2.24, 2.45) is 0 Å². The van der Waals surface area contributed by atoms with Crippen LogP contribution in [0, 0.1) is 13.8 Å². The third-order valence-electron chi connectivity index (χ3n) is 3.93. The second-order valence-corrected chi connectivity index (χ2v) is 6.93. The van der Waals surface area contributed by atoms with Crippen LogP contribution in [-0.4, -0.2) is 15.9 Å². The van der Waals surface area contributed by atoms with Crippen molar-refractivity contribution in [3.63, 3.8) is 0 Å². The van der Waals surface area contributed by atoms with Gasteiger partial charge in [-0.25, -0.2) is 9.97 Å². The summed E-state index contributed by atoms with van der Waals surface area (Å²) < 4.78 is 0.897. The molecule has 1 heterocycles. The number of carbonyl (C=O) groups is 1. The number of aryl methyl sites for hydroxylation is 2. The molecule has 0 aliphatic heterocycles. The molecule has 0 atom stereocenters. The summed E-state index contributed by atoms with van der Waals surface area (Å²) in [7, 11) is 0. The SMILES string of the molecule is Cc1ccc(C)c(Nc2ncnc(NNC(=O)c3ccc(Br)cc3)c2N)c1. The number of anilines is 4. The summed E-state index contributed by atoms with van der Waals surface area (Å²) in [6.07, 6.45) is 1.37. The number of hydrogen-bond donors (Lipinski definition) is 4.